The summed E-state index contributed by atoms with van der Waals surface area (Å²) in [5.74, 6) is -2.21. The molecule has 0 unspecified atom stereocenters. The molecule has 6 amide bonds. The van der Waals surface area contributed by atoms with Crippen molar-refractivity contribution in [3.63, 3.8) is 0 Å². The van der Waals surface area contributed by atoms with Crippen molar-refractivity contribution in [1.82, 2.24) is 21.0 Å². The molecule has 1 heterocycles. The molecule has 1 rings (SSSR count). The molecule has 1 aliphatic heterocycles. The van der Waals surface area contributed by atoms with Gasteiger partial charge in [-0.25, -0.2) is 19.9 Å². The van der Waals surface area contributed by atoms with E-state index in [0.29, 0.717) is 0 Å². The maximum absolute atomic E-state index is 12.0. The van der Waals surface area contributed by atoms with E-state index in [9.17, 15) is 19.2 Å². The highest BCUT2D eigenvalue weighted by atomic mass is 16.7. The third-order valence-electron chi connectivity index (χ3n) is 2.53. The SMILES string of the molecule is CO/N=C(\C)C1(ONC(=O)N(C)C)C(=O)NC(=O)NC1=O. The van der Waals surface area contributed by atoms with Gasteiger partial charge in [-0.05, 0) is 6.92 Å². The van der Waals surface area contributed by atoms with Crippen molar-refractivity contribution in [2.24, 2.45) is 5.16 Å². The quantitative estimate of drug-likeness (QED) is 0.322. The number of hydroxylamine groups is 1. The van der Waals surface area contributed by atoms with Crippen LogP contribution in [0.15, 0.2) is 5.16 Å². The fraction of sp³-hybridized carbons (Fsp3) is 0.500. The first kappa shape index (κ1) is 16.4. The van der Waals surface area contributed by atoms with Crippen molar-refractivity contribution >= 4 is 29.6 Å². The van der Waals surface area contributed by atoms with Crippen LogP contribution in [0.4, 0.5) is 9.59 Å². The Morgan fingerprint density at radius 3 is 2.19 bits per heavy atom. The van der Waals surface area contributed by atoms with E-state index in [1.807, 2.05) is 16.1 Å². The summed E-state index contributed by atoms with van der Waals surface area (Å²) >= 11 is 0. The van der Waals surface area contributed by atoms with Gasteiger partial charge in [0.1, 0.15) is 12.8 Å². The highest BCUT2D eigenvalue weighted by molar-refractivity contribution is 6.34. The zero-order chi connectivity index (χ0) is 16.2. The van der Waals surface area contributed by atoms with Gasteiger partial charge in [0.25, 0.3) is 17.4 Å². The van der Waals surface area contributed by atoms with Crippen LogP contribution < -0.4 is 16.1 Å². The van der Waals surface area contributed by atoms with E-state index in [1.165, 1.54) is 28.1 Å². The molecule has 11 heteroatoms. The Kier molecular flexibility index (Phi) is 4.81. The van der Waals surface area contributed by atoms with Crippen molar-refractivity contribution in [1.29, 1.82) is 0 Å². The van der Waals surface area contributed by atoms with Crippen LogP contribution in [0.5, 0.6) is 0 Å². The van der Waals surface area contributed by atoms with Crippen LogP contribution in [0.1, 0.15) is 6.92 Å². The van der Waals surface area contributed by atoms with Crippen LogP contribution in [0.25, 0.3) is 0 Å². The van der Waals surface area contributed by atoms with E-state index in [4.69, 9.17) is 4.84 Å². The monoisotopic (exact) mass is 301 g/mol. The number of amides is 6. The molecule has 0 aromatic carbocycles. The Morgan fingerprint density at radius 2 is 1.76 bits per heavy atom. The maximum atomic E-state index is 12.0. The van der Waals surface area contributed by atoms with Crippen molar-refractivity contribution in [3.8, 4) is 0 Å². The number of nitrogens with zero attached hydrogens (tertiary/aromatic N) is 2. The van der Waals surface area contributed by atoms with Crippen LogP contribution in [0, 0.1) is 0 Å². The lowest BCUT2D eigenvalue weighted by Gasteiger charge is -2.32. The van der Waals surface area contributed by atoms with Gasteiger partial charge in [0.05, 0.1) is 0 Å². The second-order valence-electron chi connectivity index (χ2n) is 4.18. The van der Waals surface area contributed by atoms with Crippen molar-refractivity contribution in [3.05, 3.63) is 0 Å². The number of hydrogen-bond donors (Lipinski definition) is 3. The zero-order valence-corrected chi connectivity index (χ0v) is 11.8. The second kappa shape index (κ2) is 6.17. The van der Waals surface area contributed by atoms with E-state index in [-0.39, 0.29) is 5.71 Å². The molecule has 0 saturated carbocycles. The predicted octanol–water partition coefficient (Wildman–Crippen LogP) is -1.68. The number of imide groups is 2. The molecule has 0 aromatic rings. The topological polar surface area (TPSA) is 138 Å². The highest BCUT2D eigenvalue weighted by Crippen LogP contribution is 2.17. The molecule has 11 nitrogen and oxygen atoms in total. The standard InChI is InChI=1S/C10H15N5O6/c1-5(13-20-4)10(21-14-9(19)15(2)3)6(16)11-8(18)12-7(10)17/h1-4H3,(H,14,19)(H2,11,12,16,17,18)/b13-5+. The van der Waals surface area contributed by atoms with Gasteiger partial charge in [0.15, 0.2) is 0 Å². The molecule has 3 N–H and O–H groups in total. The lowest BCUT2D eigenvalue weighted by atomic mass is 9.94. The fourth-order valence-electron chi connectivity index (χ4n) is 1.42. The molecule has 21 heavy (non-hydrogen) atoms. The van der Waals surface area contributed by atoms with Gasteiger partial charge in [-0.15, -0.1) is 0 Å². The van der Waals surface area contributed by atoms with Gasteiger partial charge in [0, 0.05) is 14.1 Å². The molecule has 1 fully saturated rings. The third kappa shape index (κ3) is 3.08. The Hall–Kier alpha value is -2.69. The van der Waals surface area contributed by atoms with Gasteiger partial charge < -0.3 is 9.74 Å². The Morgan fingerprint density at radius 1 is 1.24 bits per heavy atom. The lowest BCUT2D eigenvalue weighted by Crippen LogP contribution is -2.72. The summed E-state index contributed by atoms with van der Waals surface area (Å²) in [6.45, 7) is 1.26. The summed E-state index contributed by atoms with van der Waals surface area (Å²) < 4.78 is 0. The number of rotatable bonds is 4. The molecule has 116 valence electrons. The zero-order valence-electron chi connectivity index (χ0n) is 11.8. The normalized spacial score (nSPS) is 17.7. The summed E-state index contributed by atoms with van der Waals surface area (Å²) in [6, 6.07) is -1.73. The Balaban J connectivity index is 3.15. The first-order valence-electron chi connectivity index (χ1n) is 5.66. The minimum Gasteiger partial charge on any atom is -0.399 e. The molecule has 0 radical (unpaired) electrons. The van der Waals surface area contributed by atoms with E-state index < -0.39 is 29.5 Å². The van der Waals surface area contributed by atoms with Crippen molar-refractivity contribution in [2.45, 2.75) is 12.5 Å². The first-order valence-corrected chi connectivity index (χ1v) is 5.66. The van der Waals surface area contributed by atoms with E-state index in [0.717, 1.165) is 4.90 Å². The Labute approximate surface area is 119 Å². The minimum absolute atomic E-state index is 0.216. The molecule has 0 spiro atoms. The number of oxime groups is 1. The van der Waals surface area contributed by atoms with Crippen LogP contribution >= 0.6 is 0 Å². The number of urea groups is 2. The molecule has 0 atom stereocenters. The number of carbonyl (C=O) groups excluding carboxylic acids is 4. The average molecular weight is 301 g/mol. The maximum Gasteiger partial charge on any atom is 0.340 e. The van der Waals surface area contributed by atoms with Gasteiger partial charge in [-0.2, -0.15) is 0 Å². The minimum atomic E-state index is -2.35. The van der Waals surface area contributed by atoms with Crippen molar-refractivity contribution in [2.75, 3.05) is 21.2 Å². The molecule has 1 aliphatic rings. The highest BCUT2D eigenvalue weighted by Gasteiger charge is 2.56. The largest absolute Gasteiger partial charge is 0.399 e. The summed E-state index contributed by atoms with van der Waals surface area (Å²) in [4.78, 5) is 57.2. The van der Waals surface area contributed by atoms with Gasteiger partial charge in [-0.3, -0.25) is 20.2 Å². The number of hydrogen-bond acceptors (Lipinski definition) is 7. The summed E-state index contributed by atoms with van der Waals surface area (Å²) in [7, 11) is 4.04. The van der Waals surface area contributed by atoms with Crippen LogP contribution in [0.3, 0.4) is 0 Å². The van der Waals surface area contributed by atoms with Crippen LogP contribution in [-0.4, -0.2) is 61.3 Å². The predicted molar refractivity (Wildman–Crippen MR) is 67.8 cm³/mol. The van der Waals surface area contributed by atoms with E-state index >= 15 is 0 Å². The average Bonchev–Trinajstić information content (AvgIpc) is 2.37. The first-order chi connectivity index (χ1) is 9.75. The van der Waals surface area contributed by atoms with Gasteiger partial charge in [-0.1, -0.05) is 5.16 Å². The van der Waals surface area contributed by atoms with E-state index in [2.05, 4.69) is 9.99 Å². The molecule has 0 aliphatic carbocycles. The summed E-state index contributed by atoms with van der Waals surface area (Å²) in [5.41, 5.74) is -0.642. The van der Waals surface area contributed by atoms with Crippen LogP contribution in [-0.2, 0) is 19.3 Å². The fourth-order valence-corrected chi connectivity index (χ4v) is 1.42. The third-order valence-corrected chi connectivity index (χ3v) is 2.53. The smallest absolute Gasteiger partial charge is 0.340 e. The van der Waals surface area contributed by atoms with Crippen molar-refractivity contribution < 1.29 is 28.9 Å². The van der Waals surface area contributed by atoms with E-state index in [1.54, 1.807) is 0 Å². The lowest BCUT2D eigenvalue weighted by molar-refractivity contribution is -0.158. The van der Waals surface area contributed by atoms with Gasteiger partial charge in [0.2, 0.25) is 0 Å². The number of nitrogens with one attached hydrogen (secondary N) is 3. The van der Waals surface area contributed by atoms with Gasteiger partial charge >= 0.3 is 12.1 Å². The molecule has 1 saturated heterocycles. The summed E-state index contributed by atoms with van der Waals surface area (Å²) in [6.07, 6.45) is 0. The molecule has 0 aromatic heterocycles. The molecule has 0 bridgehead atoms. The number of carbonyl (C=O) groups is 4. The molecular formula is C10H15N5O6. The number of barbiturate groups is 1. The molecular weight excluding hydrogens is 286 g/mol. The van der Waals surface area contributed by atoms with Crippen LogP contribution in [0.2, 0.25) is 0 Å². The Bertz CT molecular complexity index is 494. The summed E-state index contributed by atoms with van der Waals surface area (Å²) in [5, 5.41) is 7.18. The second-order valence-corrected chi connectivity index (χ2v) is 4.18.